The van der Waals surface area contributed by atoms with Crippen LogP contribution in [0.5, 0.6) is 0 Å². The molecule has 1 heterocycles. The molecule has 0 atom stereocenters. The molecular weight excluding hydrogens is 334 g/mol. The van der Waals surface area contributed by atoms with Gasteiger partial charge in [0, 0.05) is 18.1 Å². The first-order valence-corrected chi connectivity index (χ1v) is 7.41. The van der Waals surface area contributed by atoms with E-state index in [0.717, 1.165) is 10.0 Å². The van der Waals surface area contributed by atoms with Gasteiger partial charge in [0.2, 0.25) is 0 Å². The third-order valence-corrected chi connectivity index (χ3v) is 4.56. The first-order valence-electron chi connectivity index (χ1n) is 5.30. The number of thiophene rings is 1. The maximum absolute atomic E-state index is 12.3. The Kier molecular flexibility index (Phi) is 4.43. The lowest BCUT2D eigenvalue weighted by Gasteiger charge is -2.17. The van der Waals surface area contributed by atoms with Gasteiger partial charge in [0.1, 0.15) is 0 Å². The highest BCUT2D eigenvalue weighted by Crippen LogP contribution is 2.27. The number of hydrogen-bond donors (Lipinski definition) is 0. The largest absolute Gasteiger partial charge is 0.337 e. The summed E-state index contributed by atoms with van der Waals surface area (Å²) in [6, 6.07) is 7.37. The van der Waals surface area contributed by atoms with Crippen LogP contribution in [0.25, 0.3) is 0 Å². The summed E-state index contributed by atoms with van der Waals surface area (Å²) in [5, 5.41) is 4.49. The molecule has 5 heteroatoms. The van der Waals surface area contributed by atoms with Crippen molar-refractivity contribution in [2.45, 2.75) is 6.54 Å². The van der Waals surface area contributed by atoms with Gasteiger partial charge in [-0.05, 0) is 50.5 Å². The van der Waals surface area contributed by atoms with Gasteiger partial charge in [-0.2, -0.15) is 11.3 Å². The lowest BCUT2D eigenvalue weighted by atomic mass is 10.2. The normalized spacial score (nSPS) is 10.4. The van der Waals surface area contributed by atoms with Gasteiger partial charge >= 0.3 is 0 Å². The molecule has 94 valence electrons. The van der Waals surface area contributed by atoms with Crippen LogP contribution in [0.15, 0.2) is 39.5 Å². The minimum atomic E-state index is -0.0764. The Morgan fingerprint density at radius 2 is 2.22 bits per heavy atom. The predicted octanol–water partition coefficient (Wildman–Crippen LogP) is 4.44. The molecule has 0 bridgehead atoms. The number of nitrogens with zero attached hydrogens (tertiary/aromatic N) is 1. The Bertz CT molecular complexity index is 556. The van der Waals surface area contributed by atoms with E-state index in [1.807, 2.05) is 29.0 Å². The minimum Gasteiger partial charge on any atom is -0.337 e. The summed E-state index contributed by atoms with van der Waals surface area (Å²) >= 11 is 11.1. The maximum atomic E-state index is 12.3. The van der Waals surface area contributed by atoms with E-state index in [4.69, 9.17) is 11.6 Å². The van der Waals surface area contributed by atoms with Crippen LogP contribution in [0, 0.1) is 0 Å². The predicted molar refractivity (Wildman–Crippen MR) is 79.3 cm³/mol. The van der Waals surface area contributed by atoms with Gasteiger partial charge in [0.15, 0.2) is 0 Å². The standard InChI is InChI=1S/C13H11BrClNOS/c1-16(7-9-5-6-18-8-9)13(17)10-3-2-4-11(14)12(10)15/h2-6,8H,7H2,1H3. The second-order valence-electron chi connectivity index (χ2n) is 3.89. The third kappa shape index (κ3) is 2.94. The lowest BCUT2D eigenvalue weighted by molar-refractivity contribution is 0.0785. The van der Waals surface area contributed by atoms with Crippen molar-refractivity contribution in [2.75, 3.05) is 7.05 Å². The van der Waals surface area contributed by atoms with Crippen molar-refractivity contribution in [2.24, 2.45) is 0 Å². The maximum Gasteiger partial charge on any atom is 0.255 e. The van der Waals surface area contributed by atoms with Crippen molar-refractivity contribution in [3.8, 4) is 0 Å². The molecule has 18 heavy (non-hydrogen) atoms. The Balaban J connectivity index is 2.18. The zero-order chi connectivity index (χ0) is 13.1. The first kappa shape index (κ1) is 13.6. The molecule has 0 fully saturated rings. The summed E-state index contributed by atoms with van der Waals surface area (Å²) in [5.41, 5.74) is 1.64. The van der Waals surface area contributed by atoms with E-state index >= 15 is 0 Å². The Morgan fingerprint density at radius 1 is 1.44 bits per heavy atom. The fourth-order valence-corrected chi connectivity index (χ4v) is 2.84. The number of hydrogen-bond acceptors (Lipinski definition) is 2. The Labute approximate surface area is 123 Å². The van der Waals surface area contributed by atoms with E-state index < -0.39 is 0 Å². The molecule has 2 nitrogen and oxygen atoms in total. The number of amides is 1. The van der Waals surface area contributed by atoms with Gasteiger partial charge in [-0.1, -0.05) is 17.7 Å². The molecule has 0 radical (unpaired) electrons. The van der Waals surface area contributed by atoms with Gasteiger partial charge in [-0.3, -0.25) is 4.79 Å². The van der Waals surface area contributed by atoms with Gasteiger partial charge in [-0.25, -0.2) is 0 Å². The van der Waals surface area contributed by atoms with Gasteiger partial charge in [0.25, 0.3) is 5.91 Å². The molecule has 0 unspecified atom stereocenters. The van der Waals surface area contributed by atoms with E-state index in [1.165, 1.54) is 0 Å². The molecule has 0 aliphatic rings. The average Bonchev–Trinajstić information content (AvgIpc) is 2.84. The molecule has 0 aliphatic heterocycles. The van der Waals surface area contributed by atoms with E-state index in [-0.39, 0.29) is 5.91 Å². The number of carbonyl (C=O) groups excluding carboxylic acids is 1. The zero-order valence-electron chi connectivity index (χ0n) is 9.69. The highest BCUT2D eigenvalue weighted by atomic mass is 79.9. The smallest absolute Gasteiger partial charge is 0.255 e. The minimum absolute atomic E-state index is 0.0764. The molecule has 1 aromatic heterocycles. The molecular formula is C13H11BrClNOS. The fourth-order valence-electron chi connectivity index (χ4n) is 1.60. The summed E-state index contributed by atoms with van der Waals surface area (Å²) in [7, 11) is 1.78. The van der Waals surface area contributed by atoms with E-state index in [2.05, 4.69) is 15.9 Å². The van der Waals surface area contributed by atoms with Crippen molar-refractivity contribution in [1.29, 1.82) is 0 Å². The molecule has 0 saturated carbocycles. The van der Waals surface area contributed by atoms with E-state index in [1.54, 1.807) is 29.4 Å². The number of carbonyl (C=O) groups is 1. The summed E-state index contributed by atoms with van der Waals surface area (Å²) in [5.74, 6) is -0.0764. The molecule has 0 N–H and O–H groups in total. The fraction of sp³-hybridized carbons (Fsp3) is 0.154. The van der Waals surface area contributed by atoms with Crippen molar-refractivity contribution < 1.29 is 4.79 Å². The SMILES string of the molecule is CN(Cc1ccsc1)C(=O)c1cccc(Br)c1Cl. The van der Waals surface area contributed by atoms with Crippen LogP contribution >= 0.6 is 38.9 Å². The summed E-state index contributed by atoms with van der Waals surface area (Å²) in [6.45, 7) is 0.588. The highest BCUT2D eigenvalue weighted by molar-refractivity contribution is 9.10. The van der Waals surface area contributed by atoms with E-state index in [9.17, 15) is 4.79 Å². The number of rotatable bonds is 3. The topological polar surface area (TPSA) is 20.3 Å². The van der Waals surface area contributed by atoms with Crippen LogP contribution < -0.4 is 0 Å². The van der Waals surface area contributed by atoms with Crippen molar-refractivity contribution >= 4 is 44.8 Å². The number of halogens is 2. The molecule has 0 aliphatic carbocycles. The monoisotopic (exact) mass is 343 g/mol. The molecule has 2 rings (SSSR count). The van der Waals surface area contributed by atoms with Gasteiger partial charge in [-0.15, -0.1) is 0 Å². The quantitative estimate of drug-likeness (QED) is 0.806. The van der Waals surface area contributed by atoms with Crippen LogP contribution in [-0.2, 0) is 6.54 Å². The Hall–Kier alpha value is -0.840. The highest BCUT2D eigenvalue weighted by Gasteiger charge is 2.16. The van der Waals surface area contributed by atoms with Crippen molar-refractivity contribution in [3.63, 3.8) is 0 Å². The Morgan fingerprint density at radius 3 is 2.89 bits per heavy atom. The molecule has 2 aromatic rings. The molecule has 1 amide bonds. The molecule has 0 spiro atoms. The average molecular weight is 345 g/mol. The van der Waals surface area contributed by atoms with Crippen LogP contribution in [0.1, 0.15) is 15.9 Å². The second kappa shape index (κ2) is 5.87. The van der Waals surface area contributed by atoms with E-state index in [0.29, 0.717) is 17.1 Å². The van der Waals surface area contributed by atoms with Crippen LogP contribution in [0.4, 0.5) is 0 Å². The van der Waals surface area contributed by atoms with Crippen LogP contribution in [0.2, 0.25) is 5.02 Å². The van der Waals surface area contributed by atoms with Crippen LogP contribution in [-0.4, -0.2) is 17.9 Å². The van der Waals surface area contributed by atoms with Crippen molar-refractivity contribution in [1.82, 2.24) is 4.90 Å². The van der Waals surface area contributed by atoms with Gasteiger partial charge < -0.3 is 4.90 Å². The second-order valence-corrected chi connectivity index (χ2v) is 5.91. The third-order valence-electron chi connectivity index (χ3n) is 2.53. The van der Waals surface area contributed by atoms with Crippen molar-refractivity contribution in [3.05, 3.63) is 55.6 Å². The zero-order valence-corrected chi connectivity index (χ0v) is 12.8. The molecule has 0 saturated heterocycles. The molecule has 1 aromatic carbocycles. The summed E-state index contributed by atoms with van der Waals surface area (Å²) in [6.07, 6.45) is 0. The summed E-state index contributed by atoms with van der Waals surface area (Å²) < 4.78 is 0.735. The van der Waals surface area contributed by atoms with Crippen LogP contribution in [0.3, 0.4) is 0 Å². The lowest BCUT2D eigenvalue weighted by Crippen LogP contribution is -2.26. The first-order chi connectivity index (χ1) is 8.59. The number of benzene rings is 1. The van der Waals surface area contributed by atoms with Gasteiger partial charge in [0.05, 0.1) is 10.6 Å². The summed E-state index contributed by atoms with van der Waals surface area (Å²) in [4.78, 5) is 13.9.